The Bertz CT molecular complexity index is 794. The summed E-state index contributed by atoms with van der Waals surface area (Å²) in [6.45, 7) is 1.27. The van der Waals surface area contributed by atoms with Crippen molar-refractivity contribution in [1.29, 1.82) is 0 Å². The number of aromatic nitrogens is 1. The fourth-order valence-electron chi connectivity index (χ4n) is 3.38. The minimum absolute atomic E-state index is 0.187. The highest BCUT2D eigenvalue weighted by molar-refractivity contribution is 5.97. The van der Waals surface area contributed by atoms with Gasteiger partial charge in [0.25, 0.3) is 5.91 Å². The number of anilines is 1. The predicted octanol–water partition coefficient (Wildman–Crippen LogP) is 3.32. The number of rotatable bonds is 4. The van der Waals surface area contributed by atoms with Crippen LogP contribution in [0.3, 0.4) is 0 Å². The molecule has 1 aromatic heterocycles. The molecule has 5 nitrogen and oxygen atoms in total. The summed E-state index contributed by atoms with van der Waals surface area (Å²) in [4.78, 5) is 21.1. The highest BCUT2D eigenvalue weighted by Gasteiger charge is 2.27. The van der Waals surface area contributed by atoms with Gasteiger partial charge in [-0.3, -0.25) is 4.79 Å². The van der Waals surface area contributed by atoms with Crippen molar-refractivity contribution in [2.75, 3.05) is 39.2 Å². The van der Waals surface area contributed by atoms with Crippen LogP contribution < -0.4 is 9.64 Å². The van der Waals surface area contributed by atoms with Crippen molar-refractivity contribution in [3.63, 3.8) is 0 Å². The largest absolute Gasteiger partial charge is 0.496 e. The monoisotopic (exact) mass is 357 g/mol. The highest BCUT2D eigenvalue weighted by atomic mass is 19.1. The smallest absolute Gasteiger partial charge is 0.257 e. The van der Waals surface area contributed by atoms with Crippen molar-refractivity contribution in [3.8, 4) is 5.75 Å². The van der Waals surface area contributed by atoms with E-state index in [1.54, 1.807) is 11.1 Å². The van der Waals surface area contributed by atoms with Gasteiger partial charge in [0.1, 0.15) is 17.4 Å². The van der Waals surface area contributed by atoms with Crippen LogP contribution in [0.2, 0.25) is 0 Å². The van der Waals surface area contributed by atoms with Gasteiger partial charge >= 0.3 is 0 Å². The Morgan fingerprint density at radius 1 is 1.31 bits per heavy atom. The van der Waals surface area contributed by atoms with Gasteiger partial charge in [-0.1, -0.05) is 0 Å². The number of methoxy groups -OCH3 is 1. The molecule has 1 atom stereocenters. The number of halogens is 1. The van der Waals surface area contributed by atoms with E-state index in [1.807, 2.05) is 25.1 Å². The number of likely N-dealkylation sites (tertiary alicyclic amines) is 1. The molecule has 138 valence electrons. The molecule has 2 heterocycles. The van der Waals surface area contributed by atoms with Crippen molar-refractivity contribution in [2.24, 2.45) is 0 Å². The zero-order chi connectivity index (χ0) is 18.7. The lowest BCUT2D eigenvalue weighted by molar-refractivity contribution is 0.0703. The molecule has 0 N–H and O–H groups in total. The summed E-state index contributed by atoms with van der Waals surface area (Å²) in [5.74, 6) is 0.921. The van der Waals surface area contributed by atoms with Gasteiger partial charge in [-0.05, 0) is 48.7 Å². The van der Waals surface area contributed by atoms with Gasteiger partial charge in [0.15, 0.2) is 0 Å². The van der Waals surface area contributed by atoms with E-state index in [2.05, 4.69) is 11.1 Å². The van der Waals surface area contributed by atoms with E-state index in [-0.39, 0.29) is 17.4 Å². The van der Waals surface area contributed by atoms with E-state index in [1.165, 1.54) is 30.9 Å². The third kappa shape index (κ3) is 3.79. The van der Waals surface area contributed by atoms with E-state index in [0.29, 0.717) is 18.8 Å². The van der Waals surface area contributed by atoms with Crippen LogP contribution in [-0.4, -0.2) is 50.1 Å². The van der Waals surface area contributed by atoms with E-state index in [9.17, 15) is 9.18 Å². The van der Waals surface area contributed by atoms with Crippen molar-refractivity contribution in [1.82, 2.24) is 9.88 Å². The summed E-state index contributed by atoms with van der Waals surface area (Å²) >= 11 is 0. The number of pyridine rings is 1. The van der Waals surface area contributed by atoms with Crippen LogP contribution in [0, 0.1) is 5.82 Å². The molecule has 1 amide bonds. The number of piperidine rings is 1. The molecular formula is C20H24FN3O2. The molecule has 0 saturated carbocycles. The minimum atomic E-state index is -0.438. The average Bonchev–Trinajstić information content (AvgIpc) is 2.67. The number of hydrogen-bond donors (Lipinski definition) is 0. The summed E-state index contributed by atoms with van der Waals surface area (Å²) in [6.07, 6.45) is 3.73. The maximum Gasteiger partial charge on any atom is 0.257 e. The van der Waals surface area contributed by atoms with E-state index in [0.717, 1.165) is 18.7 Å². The Hall–Kier alpha value is -2.63. The SMILES string of the molecule is COc1ccc(F)cc1C(=O)N1CCC[C@@H](c2ccnc(N(C)C)c2)C1. The normalized spacial score (nSPS) is 17.1. The first kappa shape index (κ1) is 18.2. The molecule has 1 fully saturated rings. The molecule has 1 aliphatic heterocycles. The molecule has 1 aromatic carbocycles. The topological polar surface area (TPSA) is 45.7 Å². The fourth-order valence-corrected chi connectivity index (χ4v) is 3.38. The number of benzene rings is 1. The van der Waals surface area contributed by atoms with Gasteiger partial charge in [-0.2, -0.15) is 0 Å². The van der Waals surface area contributed by atoms with Crippen molar-refractivity contribution < 1.29 is 13.9 Å². The number of amides is 1. The molecule has 0 radical (unpaired) electrons. The molecule has 0 bridgehead atoms. The van der Waals surface area contributed by atoms with Crippen molar-refractivity contribution in [2.45, 2.75) is 18.8 Å². The summed E-state index contributed by atoms with van der Waals surface area (Å²) in [5.41, 5.74) is 1.45. The Morgan fingerprint density at radius 3 is 2.85 bits per heavy atom. The molecule has 0 spiro atoms. The lowest BCUT2D eigenvalue weighted by atomic mass is 9.90. The molecule has 26 heavy (non-hydrogen) atoms. The van der Waals surface area contributed by atoms with Gasteiger partial charge in [-0.25, -0.2) is 9.37 Å². The highest BCUT2D eigenvalue weighted by Crippen LogP contribution is 2.30. The second kappa shape index (κ2) is 7.72. The molecule has 1 aliphatic rings. The standard InChI is InChI=1S/C20H24FN3O2/c1-23(2)19-11-14(8-9-22-19)15-5-4-10-24(13-15)20(25)17-12-16(21)6-7-18(17)26-3/h6-9,11-12,15H,4-5,10,13H2,1-3H3/t15-/m1/s1. The van der Waals surface area contributed by atoms with Crippen molar-refractivity contribution >= 4 is 11.7 Å². The fraction of sp³-hybridized carbons (Fsp3) is 0.400. The Labute approximate surface area is 153 Å². The van der Waals surface area contributed by atoms with Crippen LogP contribution in [0.25, 0.3) is 0 Å². The number of ether oxygens (including phenoxy) is 1. The van der Waals surface area contributed by atoms with Gasteiger partial charge in [-0.15, -0.1) is 0 Å². The average molecular weight is 357 g/mol. The Morgan fingerprint density at radius 2 is 2.12 bits per heavy atom. The lowest BCUT2D eigenvalue weighted by Gasteiger charge is -2.33. The van der Waals surface area contributed by atoms with Gasteiger partial charge in [0, 0.05) is 39.3 Å². The first-order valence-electron chi connectivity index (χ1n) is 8.75. The zero-order valence-electron chi connectivity index (χ0n) is 15.4. The Kier molecular flexibility index (Phi) is 5.40. The van der Waals surface area contributed by atoms with Crippen LogP contribution in [0.15, 0.2) is 36.5 Å². The van der Waals surface area contributed by atoms with Crippen LogP contribution in [0.1, 0.15) is 34.7 Å². The molecule has 6 heteroatoms. The number of hydrogen-bond acceptors (Lipinski definition) is 4. The summed E-state index contributed by atoms with van der Waals surface area (Å²) in [7, 11) is 5.40. The molecule has 3 rings (SSSR count). The second-order valence-electron chi connectivity index (χ2n) is 6.78. The lowest BCUT2D eigenvalue weighted by Crippen LogP contribution is -2.39. The van der Waals surface area contributed by atoms with Crippen LogP contribution in [0.5, 0.6) is 5.75 Å². The summed E-state index contributed by atoms with van der Waals surface area (Å²) < 4.78 is 18.9. The number of carbonyl (C=O) groups is 1. The summed E-state index contributed by atoms with van der Waals surface area (Å²) in [5, 5.41) is 0. The van der Waals surface area contributed by atoms with Gasteiger partial charge in [0.2, 0.25) is 0 Å². The molecule has 2 aromatic rings. The zero-order valence-corrected chi connectivity index (χ0v) is 15.4. The maximum absolute atomic E-state index is 13.6. The first-order chi connectivity index (χ1) is 12.5. The maximum atomic E-state index is 13.6. The minimum Gasteiger partial charge on any atom is -0.496 e. The molecule has 0 aliphatic carbocycles. The number of nitrogens with zero attached hydrogens (tertiary/aromatic N) is 3. The van der Waals surface area contributed by atoms with E-state index >= 15 is 0 Å². The Balaban J connectivity index is 1.81. The molecule has 1 saturated heterocycles. The van der Waals surface area contributed by atoms with Crippen LogP contribution in [-0.2, 0) is 0 Å². The van der Waals surface area contributed by atoms with Crippen molar-refractivity contribution in [3.05, 3.63) is 53.5 Å². The van der Waals surface area contributed by atoms with Gasteiger partial charge in [0.05, 0.1) is 12.7 Å². The van der Waals surface area contributed by atoms with Crippen LogP contribution >= 0.6 is 0 Å². The van der Waals surface area contributed by atoms with Crippen LogP contribution in [0.4, 0.5) is 10.2 Å². The quantitative estimate of drug-likeness (QED) is 0.842. The predicted molar refractivity (Wildman–Crippen MR) is 99.4 cm³/mol. The molecule has 0 unspecified atom stereocenters. The van der Waals surface area contributed by atoms with E-state index in [4.69, 9.17) is 4.74 Å². The van der Waals surface area contributed by atoms with Gasteiger partial charge < -0.3 is 14.5 Å². The summed E-state index contributed by atoms with van der Waals surface area (Å²) in [6, 6.07) is 8.13. The second-order valence-corrected chi connectivity index (χ2v) is 6.78. The third-order valence-corrected chi connectivity index (χ3v) is 4.80. The molecular weight excluding hydrogens is 333 g/mol. The first-order valence-corrected chi connectivity index (χ1v) is 8.75. The number of carbonyl (C=O) groups excluding carboxylic acids is 1. The van der Waals surface area contributed by atoms with E-state index < -0.39 is 5.82 Å². The third-order valence-electron chi connectivity index (χ3n) is 4.80.